The van der Waals surface area contributed by atoms with Gasteiger partial charge in [0, 0.05) is 17.3 Å². The largest absolute Gasteiger partial charge is 0.0751 e. The summed E-state index contributed by atoms with van der Waals surface area (Å²) in [6, 6.07) is 63.1. The second kappa shape index (κ2) is 10.3. The van der Waals surface area contributed by atoms with Gasteiger partial charge in [0.05, 0.1) is 0 Å². The Morgan fingerprint density at radius 3 is 1.56 bits per heavy atom. The number of hydrogen-bond acceptors (Lipinski definition) is 0. The Morgan fingerprint density at radius 1 is 0.378 bits per heavy atom. The molecule has 2 aliphatic carbocycles. The summed E-state index contributed by atoms with van der Waals surface area (Å²) in [6.45, 7) is 0. The fourth-order valence-electron chi connectivity index (χ4n) is 8.54. The summed E-state index contributed by atoms with van der Waals surface area (Å²) in [6.07, 6.45) is 4.91. The van der Waals surface area contributed by atoms with E-state index in [0.717, 1.165) is 0 Å². The molecule has 0 heterocycles. The van der Waals surface area contributed by atoms with Crippen molar-refractivity contribution in [3.8, 4) is 22.3 Å². The van der Waals surface area contributed by atoms with Crippen LogP contribution in [0.1, 0.15) is 45.2 Å². The fraction of sp³-hybridized carbons (Fsp3) is 0.0667. The van der Waals surface area contributed by atoms with Gasteiger partial charge >= 0.3 is 0 Å². The monoisotopic (exact) mass is 572 g/mol. The van der Waals surface area contributed by atoms with Gasteiger partial charge in [-0.2, -0.15) is 0 Å². The van der Waals surface area contributed by atoms with Crippen molar-refractivity contribution in [2.24, 2.45) is 0 Å². The first-order chi connectivity index (χ1) is 22.4. The molecule has 0 saturated heterocycles. The van der Waals surface area contributed by atoms with Crippen LogP contribution in [0, 0.1) is 0 Å². The Hall–Kier alpha value is -5.46. The summed E-state index contributed by atoms with van der Waals surface area (Å²) in [5.41, 5.74) is 13.1. The van der Waals surface area contributed by atoms with Gasteiger partial charge in [0.1, 0.15) is 0 Å². The van der Waals surface area contributed by atoms with Crippen LogP contribution >= 0.6 is 0 Å². The van der Waals surface area contributed by atoms with Gasteiger partial charge in [-0.3, -0.25) is 0 Å². The molecule has 9 rings (SSSR count). The highest BCUT2D eigenvalue weighted by Gasteiger charge is 2.53. The first kappa shape index (κ1) is 26.0. The first-order valence-corrected chi connectivity index (χ1v) is 15.9. The summed E-state index contributed by atoms with van der Waals surface area (Å²) >= 11 is 0. The third-order valence-corrected chi connectivity index (χ3v) is 10.3. The van der Waals surface area contributed by atoms with Gasteiger partial charge in [-0.05, 0) is 66.4 Å². The summed E-state index contributed by atoms with van der Waals surface area (Å²) in [4.78, 5) is 0. The molecule has 0 amide bonds. The van der Waals surface area contributed by atoms with Gasteiger partial charge in [0.2, 0.25) is 0 Å². The number of fused-ring (bicyclic) bond motifs is 5. The van der Waals surface area contributed by atoms with Gasteiger partial charge in [-0.25, -0.2) is 0 Å². The molecule has 0 saturated carbocycles. The second-order valence-corrected chi connectivity index (χ2v) is 12.4. The van der Waals surface area contributed by atoms with Crippen molar-refractivity contribution in [2.75, 3.05) is 0 Å². The van der Waals surface area contributed by atoms with Crippen LogP contribution in [0.15, 0.2) is 176 Å². The number of benzene rings is 7. The van der Waals surface area contributed by atoms with Crippen molar-refractivity contribution in [2.45, 2.75) is 17.3 Å². The lowest BCUT2D eigenvalue weighted by Gasteiger charge is -2.46. The van der Waals surface area contributed by atoms with Gasteiger partial charge in [-0.15, -0.1) is 0 Å². The molecule has 0 heteroatoms. The normalized spacial score (nSPS) is 15.2. The first-order valence-electron chi connectivity index (χ1n) is 15.9. The van der Waals surface area contributed by atoms with E-state index in [4.69, 9.17) is 0 Å². The molecule has 1 unspecified atom stereocenters. The third kappa shape index (κ3) is 3.79. The second-order valence-electron chi connectivity index (χ2n) is 12.4. The summed E-state index contributed by atoms with van der Waals surface area (Å²) < 4.78 is 0. The van der Waals surface area contributed by atoms with Crippen molar-refractivity contribution in [1.29, 1.82) is 0 Å². The van der Waals surface area contributed by atoms with E-state index in [1.54, 1.807) is 0 Å². The Bertz CT molecular complexity index is 2130. The molecule has 45 heavy (non-hydrogen) atoms. The van der Waals surface area contributed by atoms with Gasteiger partial charge in [-0.1, -0.05) is 182 Å². The Balaban J connectivity index is 1.37. The molecule has 7 aromatic rings. The third-order valence-electron chi connectivity index (χ3n) is 10.3. The van der Waals surface area contributed by atoms with Crippen LogP contribution in [-0.4, -0.2) is 0 Å². The molecule has 7 aromatic carbocycles. The smallest absolute Gasteiger partial charge is 0.0415 e. The van der Waals surface area contributed by atoms with Crippen LogP contribution in [0.4, 0.5) is 0 Å². The molecule has 0 aliphatic heterocycles. The summed E-state index contributed by atoms with van der Waals surface area (Å²) in [5, 5.41) is 2.56. The summed E-state index contributed by atoms with van der Waals surface area (Å²) in [5.74, 6) is 0.230. The molecule has 0 aromatic heterocycles. The Morgan fingerprint density at radius 2 is 0.867 bits per heavy atom. The van der Waals surface area contributed by atoms with Crippen molar-refractivity contribution < 1.29 is 0 Å². The van der Waals surface area contributed by atoms with Crippen LogP contribution in [0.25, 0.3) is 39.1 Å². The highest BCUT2D eigenvalue weighted by atomic mass is 14.5. The molecule has 2 aliphatic rings. The van der Waals surface area contributed by atoms with Gasteiger partial charge in [0.15, 0.2) is 0 Å². The van der Waals surface area contributed by atoms with E-state index in [1.165, 1.54) is 66.4 Å². The Labute approximate surface area is 265 Å². The van der Waals surface area contributed by atoms with E-state index in [2.05, 4.69) is 182 Å². The minimum absolute atomic E-state index is 0.108. The molecule has 0 nitrogen and oxygen atoms in total. The minimum Gasteiger partial charge on any atom is -0.0751 e. The maximum atomic E-state index is 2.50. The highest BCUT2D eigenvalue weighted by molar-refractivity contribution is 5.99. The quantitative estimate of drug-likeness (QED) is 0.192. The van der Waals surface area contributed by atoms with E-state index in [0.29, 0.717) is 0 Å². The SMILES string of the molecule is C1=CC(C(c2ccccc2)(c2ccccc2)C2c3ccccc3-c3ccccc32)c2cccc(-c3cccc4ccccc34)c21. The molecule has 0 radical (unpaired) electrons. The highest BCUT2D eigenvalue weighted by Crippen LogP contribution is 2.63. The topological polar surface area (TPSA) is 0 Å². The van der Waals surface area contributed by atoms with E-state index < -0.39 is 5.41 Å². The molecule has 0 bridgehead atoms. The van der Waals surface area contributed by atoms with Crippen LogP contribution in [0.2, 0.25) is 0 Å². The maximum absolute atomic E-state index is 2.50. The molecule has 0 spiro atoms. The predicted octanol–water partition coefficient (Wildman–Crippen LogP) is 11.4. The van der Waals surface area contributed by atoms with Crippen molar-refractivity contribution in [3.63, 3.8) is 0 Å². The van der Waals surface area contributed by atoms with Gasteiger partial charge < -0.3 is 0 Å². The van der Waals surface area contributed by atoms with Crippen LogP contribution in [-0.2, 0) is 5.41 Å². The van der Waals surface area contributed by atoms with E-state index >= 15 is 0 Å². The lowest BCUT2D eigenvalue weighted by atomic mass is 9.55. The predicted molar refractivity (Wildman–Crippen MR) is 189 cm³/mol. The number of allylic oxidation sites excluding steroid dienone is 1. The van der Waals surface area contributed by atoms with E-state index in [1.807, 2.05) is 0 Å². The zero-order valence-electron chi connectivity index (χ0n) is 25.0. The minimum atomic E-state index is -0.398. The lowest BCUT2D eigenvalue weighted by Crippen LogP contribution is -2.40. The molecule has 212 valence electrons. The van der Waals surface area contributed by atoms with Crippen LogP contribution < -0.4 is 0 Å². The average Bonchev–Trinajstić information content (AvgIpc) is 3.70. The molecular formula is C45H32. The van der Waals surface area contributed by atoms with Crippen molar-refractivity contribution in [1.82, 2.24) is 0 Å². The van der Waals surface area contributed by atoms with E-state index in [-0.39, 0.29) is 11.8 Å². The van der Waals surface area contributed by atoms with E-state index in [9.17, 15) is 0 Å². The Kier molecular flexibility index (Phi) is 5.96. The van der Waals surface area contributed by atoms with Crippen molar-refractivity contribution >= 4 is 16.8 Å². The van der Waals surface area contributed by atoms with Gasteiger partial charge in [0.25, 0.3) is 0 Å². The van der Waals surface area contributed by atoms with Crippen LogP contribution in [0.3, 0.4) is 0 Å². The zero-order valence-corrected chi connectivity index (χ0v) is 25.0. The molecule has 0 fully saturated rings. The van der Waals surface area contributed by atoms with Crippen LogP contribution in [0.5, 0.6) is 0 Å². The standard InChI is InChI=1S/C45H32/c1-3-17-32(18-4-1)45(33-19-5-2-6-20-33,44-41-24-11-9-22-37(41)38-23-10-12-25-42(38)44)43-30-29-39-36(27-14-28-40(39)43)35-26-13-16-31-15-7-8-21-34(31)35/h1-30,43-44H. The maximum Gasteiger partial charge on any atom is 0.0415 e. The zero-order chi connectivity index (χ0) is 29.8. The number of hydrogen-bond donors (Lipinski definition) is 0. The van der Waals surface area contributed by atoms with Crippen molar-refractivity contribution in [3.05, 3.63) is 209 Å². The lowest BCUT2D eigenvalue weighted by molar-refractivity contribution is 0.417. The number of rotatable bonds is 5. The molecule has 1 atom stereocenters. The molecular weight excluding hydrogens is 540 g/mol. The average molecular weight is 573 g/mol. The molecule has 0 N–H and O–H groups in total. The fourth-order valence-corrected chi connectivity index (χ4v) is 8.54. The summed E-state index contributed by atoms with van der Waals surface area (Å²) in [7, 11) is 0.